The minimum absolute atomic E-state index is 0.0553. The Morgan fingerprint density at radius 1 is 1.14 bits per heavy atom. The molecule has 0 bridgehead atoms. The quantitative estimate of drug-likeness (QED) is 0.798. The molecule has 2 heterocycles. The number of hydrogen-bond donors (Lipinski definition) is 1. The van der Waals surface area contributed by atoms with E-state index in [1.165, 1.54) is 11.8 Å². The standard InChI is InChI=1S/C23H26N2O3S/c1-28-17-12-10-16(11-13-17)19-8-3-2-6-14-25(19)22(26)15-21-23(27)24-18-7-4-5-9-20(18)29-21/h4-5,7,9-13,19,21H,2-3,6,8,14-15H2,1H3,(H,24,27)/t19-,21+/m0/s1. The van der Waals surface area contributed by atoms with E-state index in [4.69, 9.17) is 4.74 Å². The van der Waals surface area contributed by atoms with Gasteiger partial charge in [-0.1, -0.05) is 37.1 Å². The van der Waals surface area contributed by atoms with Gasteiger partial charge in [0.1, 0.15) is 5.75 Å². The maximum atomic E-state index is 13.3. The number of carbonyl (C=O) groups is 2. The molecule has 152 valence electrons. The van der Waals surface area contributed by atoms with E-state index in [2.05, 4.69) is 5.32 Å². The first-order valence-corrected chi connectivity index (χ1v) is 11.0. The lowest BCUT2D eigenvalue weighted by molar-refractivity contribution is -0.134. The fraction of sp³-hybridized carbons (Fsp3) is 0.391. The molecule has 0 spiro atoms. The van der Waals surface area contributed by atoms with E-state index in [-0.39, 0.29) is 24.3 Å². The highest BCUT2D eigenvalue weighted by atomic mass is 32.2. The monoisotopic (exact) mass is 410 g/mol. The van der Waals surface area contributed by atoms with E-state index in [1.54, 1.807) is 7.11 Å². The molecule has 1 N–H and O–H groups in total. The molecule has 0 saturated carbocycles. The third-order valence-corrected chi connectivity index (χ3v) is 6.92. The maximum Gasteiger partial charge on any atom is 0.238 e. The number of ether oxygens (including phenoxy) is 1. The third-order valence-electron chi connectivity index (χ3n) is 5.64. The van der Waals surface area contributed by atoms with Crippen LogP contribution < -0.4 is 10.1 Å². The van der Waals surface area contributed by atoms with Gasteiger partial charge in [0.15, 0.2) is 0 Å². The molecule has 2 amide bonds. The second-order valence-corrected chi connectivity index (χ2v) is 8.77. The molecule has 2 aromatic rings. The molecule has 0 aliphatic carbocycles. The van der Waals surface area contributed by atoms with Crippen molar-refractivity contribution in [2.24, 2.45) is 0 Å². The van der Waals surface area contributed by atoms with Crippen molar-refractivity contribution in [3.8, 4) is 5.75 Å². The minimum atomic E-state index is -0.392. The van der Waals surface area contributed by atoms with Crippen molar-refractivity contribution in [3.05, 3.63) is 54.1 Å². The summed E-state index contributed by atoms with van der Waals surface area (Å²) >= 11 is 1.49. The van der Waals surface area contributed by atoms with Crippen LogP contribution in [0.2, 0.25) is 0 Å². The number of likely N-dealkylation sites (tertiary alicyclic amines) is 1. The van der Waals surface area contributed by atoms with Crippen LogP contribution in [0.5, 0.6) is 5.75 Å². The zero-order chi connectivity index (χ0) is 20.2. The third kappa shape index (κ3) is 4.42. The van der Waals surface area contributed by atoms with Gasteiger partial charge in [0.05, 0.1) is 24.1 Å². The predicted molar refractivity (Wildman–Crippen MR) is 115 cm³/mol. The summed E-state index contributed by atoms with van der Waals surface area (Å²) in [4.78, 5) is 28.9. The summed E-state index contributed by atoms with van der Waals surface area (Å²) in [7, 11) is 1.65. The van der Waals surface area contributed by atoms with Crippen LogP contribution in [0.4, 0.5) is 5.69 Å². The number of nitrogens with zero attached hydrogens (tertiary/aromatic N) is 1. The summed E-state index contributed by atoms with van der Waals surface area (Å²) in [5.41, 5.74) is 1.96. The number of fused-ring (bicyclic) bond motifs is 1. The first-order chi connectivity index (χ1) is 14.2. The molecule has 2 aromatic carbocycles. The van der Waals surface area contributed by atoms with Gasteiger partial charge in [-0.15, -0.1) is 11.8 Å². The molecule has 2 atom stereocenters. The van der Waals surface area contributed by atoms with Crippen molar-refractivity contribution < 1.29 is 14.3 Å². The van der Waals surface area contributed by atoms with Gasteiger partial charge in [0.2, 0.25) is 11.8 Å². The van der Waals surface area contributed by atoms with Crippen molar-refractivity contribution in [2.75, 3.05) is 19.0 Å². The van der Waals surface area contributed by atoms with Crippen molar-refractivity contribution in [1.29, 1.82) is 0 Å². The van der Waals surface area contributed by atoms with Crippen molar-refractivity contribution >= 4 is 29.3 Å². The summed E-state index contributed by atoms with van der Waals surface area (Å²) < 4.78 is 5.27. The number of hydrogen-bond acceptors (Lipinski definition) is 4. The Balaban J connectivity index is 1.51. The van der Waals surface area contributed by atoms with Gasteiger partial charge in [0.25, 0.3) is 0 Å². The summed E-state index contributed by atoms with van der Waals surface area (Å²) in [6, 6.07) is 15.8. The number of para-hydroxylation sites is 1. The van der Waals surface area contributed by atoms with Gasteiger partial charge in [-0.3, -0.25) is 9.59 Å². The van der Waals surface area contributed by atoms with Crippen LogP contribution in [-0.4, -0.2) is 35.6 Å². The summed E-state index contributed by atoms with van der Waals surface area (Å²) in [5.74, 6) is 0.784. The van der Waals surface area contributed by atoms with Crippen molar-refractivity contribution in [2.45, 2.75) is 48.3 Å². The van der Waals surface area contributed by atoms with Crippen LogP contribution in [0.25, 0.3) is 0 Å². The number of anilines is 1. The van der Waals surface area contributed by atoms with E-state index in [0.717, 1.165) is 54.1 Å². The Kier molecular flexibility index (Phi) is 6.09. The van der Waals surface area contributed by atoms with Crippen LogP contribution in [0.1, 0.15) is 43.7 Å². The lowest BCUT2D eigenvalue weighted by Gasteiger charge is -2.32. The number of carbonyl (C=O) groups excluding carboxylic acids is 2. The summed E-state index contributed by atoms with van der Waals surface area (Å²) in [5, 5.41) is 2.55. The second-order valence-electron chi connectivity index (χ2n) is 7.52. The Labute approximate surface area is 175 Å². The van der Waals surface area contributed by atoms with Crippen LogP contribution >= 0.6 is 11.8 Å². The maximum absolute atomic E-state index is 13.3. The average Bonchev–Trinajstić information content (AvgIpc) is 3.00. The lowest BCUT2D eigenvalue weighted by atomic mass is 10.00. The van der Waals surface area contributed by atoms with Crippen molar-refractivity contribution in [1.82, 2.24) is 4.90 Å². The van der Waals surface area contributed by atoms with E-state index < -0.39 is 5.25 Å². The second kappa shape index (κ2) is 8.91. The highest BCUT2D eigenvalue weighted by molar-refractivity contribution is 8.01. The number of amides is 2. The van der Waals surface area contributed by atoms with E-state index in [9.17, 15) is 9.59 Å². The Hall–Kier alpha value is -2.47. The number of methoxy groups -OCH3 is 1. The Bertz CT molecular complexity index is 884. The Morgan fingerprint density at radius 2 is 1.93 bits per heavy atom. The Morgan fingerprint density at radius 3 is 2.72 bits per heavy atom. The topological polar surface area (TPSA) is 58.6 Å². The van der Waals surface area contributed by atoms with Gasteiger partial charge in [-0.25, -0.2) is 0 Å². The minimum Gasteiger partial charge on any atom is -0.497 e. The molecule has 0 aromatic heterocycles. The number of rotatable bonds is 4. The fourth-order valence-electron chi connectivity index (χ4n) is 4.08. The molecule has 2 aliphatic rings. The zero-order valence-corrected chi connectivity index (χ0v) is 17.4. The van der Waals surface area contributed by atoms with Crippen LogP contribution in [0.15, 0.2) is 53.4 Å². The smallest absolute Gasteiger partial charge is 0.238 e. The van der Waals surface area contributed by atoms with E-state index in [1.807, 2.05) is 53.4 Å². The summed E-state index contributed by atoms with van der Waals surface area (Å²) in [6.07, 6.45) is 4.41. The van der Waals surface area contributed by atoms with E-state index >= 15 is 0 Å². The number of thioether (sulfide) groups is 1. The summed E-state index contributed by atoms with van der Waals surface area (Å²) in [6.45, 7) is 0.741. The fourth-order valence-corrected chi connectivity index (χ4v) is 5.18. The predicted octanol–water partition coefficient (Wildman–Crippen LogP) is 4.64. The number of benzene rings is 2. The van der Waals surface area contributed by atoms with Gasteiger partial charge in [-0.05, 0) is 42.7 Å². The van der Waals surface area contributed by atoms with Gasteiger partial charge in [0, 0.05) is 17.9 Å². The van der Waals surface area contributed by atoms with Gasteiger partial charge >= 0.3 is 0 Å². The molecular formula is C23H26N2O3S. The largest absolute Gasteiger partial charge is 0.497 e. The van der Waals surface area contributed by atoms with Crippen molar-refractivity contribution in [3.63, 3.8) is 0 Å². The highest BCUT2D eigenvalue weighted by Gasteiger charge is 2.33. The molecule has 1 saturated heterocycles. The molecule has 4 rings (SSSR count). The average molecular weight is 411 g/mol. The molecule has 0 radical (unpaired) electrons. The molecule has 5 nitrogen and oxygen atoms in total. The van der Waals surface area contributed by atoms with Crippen LogP contribution in [0, 0.1) is 0 Å². The zero-order valence-electron chi connectivity index (χ0n) is 16.6. The molecule has 2 aliphatic heterocycles. The normalized spacial score (nSPS) is 21.7. The number of nitrogens with one attached hydrogen (secondary N) is 1. The molecule has 6 heteroatoms. The first kappa shape index (κ1) is 19.8. The van der Waals surface area contributed by atoms with Gasteiger partial charge in [-0.2, -0.15) is 0 Å². The van der Waals surface area contributed by atoms with E-state index in [0.29, 0.717) is 0 Å². The van der Waals surface area contributed by atoms with Crippen LogP contribution in [0.3, 0.4) is 0 Å². The lowest BCUT2D eigenvalue weighted by Crippen LogP contribution is -2.39. The molecule has 1 fully saturated rings. The molecule has 29 heavy (non-hydrogen) atoms. The van der Waals surface area contributed by atoms with Crippen LogP contribution in [-0.2, 0) is 9.59 Å². The highest BCUT2D eigenvalue weighted by Crippen LogP contribution is 2.38. The molecule has 0 unspecified atom stereocenters. The van der Waals surface area contributed by atoms with Gasteiger partial charge < -0.3 is 15.0 Å². The SMILES string of the molecule is COc1ccc([C@@H]2CCCCCN2C(=O)C[C@H]2Sc3ccccc3NC2=O)cc1. The molecular weight excluding hydrogens is 384 g/mol. The first-order valence-electron chi connectivity index (χ1n) is 10.2.